The van der Waals surface area contributed by atoms with Gasteiger partial charge < -0.3 is 20.1 Å². The van der Waals surface area contributed by atoms with Crippen LogP contribution in [0.4, 0.5) is 4.79 Å². The Bertz CT molecular complexity index is 122. The Morgan fingerprint density at radius 2 is 2.00 bits per heavy atom. The van der Waals surface area contributed by atoms with Gasteiger partial charge in [-0.1, -0.05) is 0 Å². The summed E-state index contributed by atoms with van der Waals surface area (Å²) in [5.41, 5.74) is 0. The zero-order valence-electron chi connectivity index (χ0n) is 6.10. The van der Waals surface area contributed by atoms with Crippen molar-refractivity contribution in [3.8, 4) is 0 Å². The average Bonchev–Trinajstić information content (AvgIpc) is 1.88. The Hall–Kier alpha value is -0.850. The number of hydrogen-bond donors (Lipinski definition) is 3. The monoisotopic (exact) mass is 165 g/mol. The van der Waals surface area contributed by atoms with Gasteiger partial charge in [-0.3, -0.25) is 4.90 Å². The fourth-order valence-electron chi connectivity index (χ4n) is 0.381. The second-order valence-corrected chi connectivity index (χ2v) is 1.81. The van der Waals surface area contributed by atoms with E-state index in [0.717, 1.165) is 0 Å². The van der Waals surface area contributed by atoms with Gasteiger partial charge in [0.15, 0.2) is 6.29 Å². The molecular weight excluding hydrogens is 154 g/mol. The molecule has 0 aliphatic rings. The van der Waals surface area contributed by atoms with Gasteiger partial charge in [-0.15, -0.1) is 0 Å². The maximum absolute atomic E-state index is 10.6. The van der Waals surface area contributed by atoms with Crippen molar-refractivity contribution in [1.29, 1.82) is 0 Å². The molecule has 66 valence electrons. The largest absolute Gasteiger partial charge is 0.420 e. The van der Waals surface area contributed by atoms with Crippen LogP contribution < -0.4 is 0 Å². The van der Waals surface area contributed by atoms with E-state index < -0.39 is 25.8 Å². The smallest absolute Gasteiger partial charge is 0.415 e. The number of carbonyl (C=O) groups excluding carboxylic acids is 1. The third-order valence-electron chi connectivity index (χ3n) is 0.871. The van der Waals surface area contributed by atoms with Crippen LogP contribution in [-0.2, 0) is 4.74 Å². The standard InChI is InChI=1S/C5H11NO5/c1-4(9)11-5(10)6(2-7)3-8/h4,7-9H,2-3H2,1H3. The van der Waals surface area contributed by atoms with E-state index in [4.69, 9.17) is 15.3 Å². The SMILES string of the molecule is CC(O)OC(=O)N(CO)CO. The molecule has 1 unspecified atom stereocenters. The minimum Gasteiger partial charge on any atom is -0.420 e. The maximum atomic E-state index is 10.6. The molecule has 0 rings (SSSR count). The van der Waals surface area contributed by atoms with Crippen molar-refractivity contribution in [3.63, 3.8) is 0 Å². The number of amides is 1. The van der Waals surface area contributed by atoms with E-state index in [9.17, 15) is 4.79 Å². The molecule has 1 amide bonds. The van der Waals surface area contributed by atoms with Crippen molar-refractivity contribution in [1.82, 2.24) is 4.90 Å². The molecule has 0 heterocycles. The molecule has 3 N–H and O–H groups in total. The lowest BCUT2D eigenvalue weighted by atomic mass is 10.7. The molecule has 6 heteroatoms. The number of carbonyl (C=O) groups is 1. The molecule has 0 aromatic heterocycles. The molecule has 0 saturated carbocycles. The molecule has 11 heavy (non-hydrogen) atoms. The second kappa shape index (κ2) is 4.89. The molecule has 1 atom stereocenters. The van der Waals surface area contributed by atoms with Gasteiger partial charge in [0.2, 0.25) is 0 Å². The van der Waals surface area contributed by atoms with Crippen LogP contribution in [0.5, 0.6) is 0 Å². The summed E-state index contributed by atoms with van der Waals surface area (Å²) in [7, 11) is 0. The molecule has 6 nitrogen and oxygen atoms in total. The Kier molecular flexibility index (Phi) is 4.51. The first kappa shape index (κ1) is 10.2. The van der Waals surface area contributed by atoms with E-state index in [-0.39, 0.29) is 0 Å². The highest BCUT2D eigenvalue weighted by molar-refractivity contribution is 5.67. The van der Waals surface area contributed by atoms with E-state index in [1.807, 2.05) is 0 Å². The molecule has 0 spiro atoms. The number of hydrogen-bond acceptors (Lipinski definition) is 5. The Balaban J connectivity index is 3.79. The fraction of sp³-hybridized carbons (Fsp3) is 0.800. The van der Waals surface area contributed by atoms with Crippen LogP contribution in [0.3, 0.4) is 0 Å². The van der Waals surface area contributed by atoms with E-state index in [1.54, 1.807) is 0 Å². The predicted molar refractivity (Wildman–Crippen MR) is 34.2 cm³/mol. The summed E-state index contributed by atoms with van der Waals surface area (Å²) in [6, 6.07) is 0. The topological polar surface area (TPSA) is 90.2 Å². The van der Waals surface area contributed by atoms with Crippen LogP contribution in [0, 0.1) is 0 Å². The Morgan fingerprint density at radius 3 is 2.27 bits per heavy atom. The molecule has 0 bridgehead atoms. The maximum Gasteiger partial charge on any atom is 0.415 e. The van der Waals surface area contributed by atoms with Crippen LogP contribution in [0.2, 0.25) is 0 Å². The van der Waals surface area contributed by atoms with Crippen molar-refractivity contribution in [2.75, 3.05) is 13.5 Å². The fourth-order valence-corrected chi connectivity index (χ4v) is 0.381. The number of aliphatic hydroxyl groups excluding tert-OH is 3. The van der Waals surface area contributed by atoms with E-state index in [1.165, 1.54) is 6.92 Å². The van der Waals surface area contributed by atoms with Crippen LogP contribution >= 0.6 is 0 Å². The molecule has 0 aliphatic heterocycles. The lowest BCUT2D eigenvalue weighted by molar-refractivity contribution is -0.0676. The molecule has 0 fully saturated rings. The van der Waals surface area contributed by atoms with Gasteiger partial charge in [-0.25, -0.2) is 4.79 Å². The summed E-state index contributed by atoms with van der Waals surface area (Å²) >= 11 is 0. The number of nitrogens with zero attached hydrogens (tertiary/aromatic N) is 1. The lowest BCUT2D eigenvalue weighted by Crippen LogP contribution is -2.35. The summed E-state index contributed by atoms with van der Waals surface area (Å²) in [4.78, 5) is 11.2. The van der Waals surface area contributed by atoms with Crippen LogP contribution in [0.15, 0.2) is 0 Å². The minimum atomic E-state index is -1.25. The van der Waals surface area contributed by atoms with Gasteiger partial charge in [0.1, 0.15) is 13.5 Å². The molecule has 0 radical (unpaired) electrons. The second-order valence-electron chi connectivity index (χ2n) is 1.81. The predicted octanol–water partition coefficient (Wildman–Crippen LogP) is -1.34. The van der Waals surface area contributed by atoms with Crippen LogP contribution in [-0.4, -0.2) is 46.1 Å². The highest BCUT2D eigenvalue weighted by Crippen LogP contribution is 1.93. The number of ether oxygens (including phenoxy) is 1. The molecule has 0 aromatic rings. The zero-order valence-corrected chi connectivity index (χ0v) is 6.10. The van der Waals surface area contributed by atoms with Gasteiger partial charge in [-0.05, 0) is 6.92 Å². The molecule has 0 aliphatic carbocycles. The van der Waals surface area contributed by atoms with Crippen molar-refractivity contribution in [3.05, 3.63) is 0 Å². The van der Waals surface area contributed by atoms with Crippen molar-refractivity contribution in [2.24, 2.45) is 0 Å². The minimum absolute atomic E-state index is 0.604. The number of rotatable bonds is 3. The van der Waals surface area contributed by atoms with Gasteiger partial charge in [-0.2, -0.15) is 0 Å². The summed E-state index contributed by atoms with van der Waals surface area (Å²) in [5, 5.41) is 25.3. The third kappa shape index (κ3) is 3.76. The lowest BCUT2D eigenvalue weighted by Gasteiger charge is -2.17. The molecular formula is C5H11NO5. The van der Waals surface area contributed by atoms with Crippen LogP contribution in [0.25, 0.3) is 0 Å². The summed E-state index contributed by atoms with van der Waals surface area (Å²) in [6.07, 6.45) is -2.21. The highest BCUT2D eigenvalue weighted by atomic mass is 16.6. The first-order valence-electron chi connectivity index (χ1n) is 2.97. The zero-order chi connectivity index (χ0) is 8.85. The van der Waals surface area contributed by atoms with E-state index in [2.05, 4.69) is 4.74 Å². The van der Waals surface area contributed by atoms with Gasteiger partial charge in [0, 0.05) is 0 Å². The Labute approximate surface area is 63.6 Å². The number of aliphatic hydroxyl groups is 3. The van der Waals surface area contributed by atoms with Gasteiger partial charge in [0.25, 0.3) is 0 Å². The van der Waals surface area contributed by atoms with Crippen LogP contribution in [0.1, 0.15) is 6.92 Å². The van der Waals surface area contributed by atoms with Crippen molar-refractivity contribution < 1.29 is 24.9 Å². The first-order valence-corrected chi connectivity index (χ1v) is 2.97. The molecule has 0 aromatic carbocycles. The first-order chi connectivity index (χ1) is 5.11. The van der Waals surface area contributed by atoms with E-state index in [0.29, 0.717) is 4.90 Å². The van der Waals surface area contributed by atoms with Gasteiger partial charge in [0.05, 0.1) is 0 Å². The van der Waals surface area contributed by atoms with Crippen molar-refractivity contribution in [2.45, 2.75) is 13.2 Å². The summed E-state index contributed by atoms with van der Waals surface area (Å²) in [5.74, 6) is 0. The van der Waals surface area contributed by atoms with Gasteiger partial charge >= 0.3 is 6.09 Å². The summed E-state index contributed by atoms with van der Waals surface area (Å²) in [6.45, 7) is -0.0606. The van der Waals surface area contributed by atoms with Crippen molar-refractivity contribution >= 4 is 6.09 Å². The summed E-state index contributed by atoms with van der Waals surface area (Å²) < 4.78 is 4.22. The average molecular weight is 165 g/mol. The third-order valence-corrected chi connectivity index (χ3v) is 0.871. The normalized spacial score (nSPS) is 12.4. The highest BCUT2D eigenvalue weighted by Gasteiger charge is 2.13. The quantitative estimate of drug-likeness (QED) is 0.450. The molecule has 0 saturated heterocycles. The Morgan fingerprint density at radius 1 is 1.55 bits per heavy atom. The van der Waals surface area contributed by atoms with E-state index >= 15 is 0 Å².